The lowest BCUT2D eigenvalue weighted by Gasteiger charge is -1.98. The van der Waals surface area contributed by atoms with Crippen LogP contribution in [0.2, 0.25) is 0 Å². The summed E-state index contributed by atoms with van der Waals surface area (Å²) in [6.07, 6.45) is 0. The maximum Gasteiger partial charge on any atom is 0.205 e. The molecule has 0 bridgehead atoms. The first-order valence-corrected chi connectivity index (χ1v) is 5.20. The lowest BCUT2D eigenvalue weighted by molar-refractivity contribution is 1.09. The van der Waals surface area contributed by atoms with Crippen LogP contribution >= 0.6 is 11.3 Å². The first-order valence-electron chi connectivity index (χ1n) is 4.38. The summed E-state index contributed by atoms with van der Waals surface area (Å²) in [6.45, 7) is 2.08. The molecule has 0 aliphatic heterocycles. The van der Waals surface area contributed by atoms with Gasteiger partial charge in [0, 0.05) is 12.6 Å². The van der Waals surface area contributed by atoms with Gasteiger partial charge >= 0.3 is 0 Å². The quantitative estimate of drug-likeness (QED) is 0.818. The van der Waals surface area contributed by atoms with E-state index in [9.17, 15) is 0 Å². The first kappa shape index (κ1) is 9.15. The molecule has 4 heteroatoms. The first-order chi connectivity index (χ1) is 6.81. The number of anilines is 1. The minimum Gasteiger partial charge on any atom is -0.363 e. The van der Waals surface area contributed by atoms with Gasteiger partial charge in [0.2, 0.25) is 5.13 Å². The highest BCUT2D eigenvalue weighted by Crippen LogP contribution is 2.28. The summed E-state index contributed by atoms with van der Waals surface area (Å²) in [5.41, 5.74) is 2.39. The van der Waals surface area contributed by atoms with Crippen molar-refractivity contribution in [1.29, 1.82) is 0 Å². The van der Waals surface area contributed by atoms with E-state index in [1.807, 2.05) is 19.2 Å². The zero-order chi connectivity index (χ0) is 9.97. The fourth-order valence-electron chi connectivity index (χ4n) is 1.25. The normalized spacial score (nSPS) is 10.1. The Bertz CT molecular complexity index is 436. The van der Waals surface area contributed by atoms with Crippen LogP contribution in [0.5, 0.6) is 0 Å². The lowest BCUT2D eigenvalue weighted by atomic mass is 10.1. The average molecular weight is 205 g/mol. The van der Waals surface area contributed by atoms with E-state index in [2.05, 4.69) is 34.6 Å². The second-order valence-corrected chi connectivity index (χ2v) is 3.95. The van der Waals surface area contributed by atoms with Gasteiger partial charge in [-0.3, -0.25) is 0 Å². The monoisotopic (exact) mass is 205 g/mol. The van der Waals surface area contributed by atoms with Gasteiger partial charge in [0.1, 0.15) is 5.01 Å². The summed E-state index contributed by atoms with van der Waals surface area (Å²) in [4.78, 5) is 0. The molecule has 0 fully saturated rings. The maximum atomic E-state index is 4.12. The van der Waals surface area contributed by atoms with Crippen molar-refractivity contribution in [3.8, 4) is 10.6 Å². The fraction of sp³-hybridized carbons (Fsp3) is 0.200. The van der Waals surface area contributed by atoms with Crippen LogP contribution in [0.1, 0.15) is 5.56 Å². The van der Waals surface area contributed by atoms with E-state index in [4.69, 9.17) is 0 Å². The van der Waals surface area contributed by atoms with Gasteiger partial charge < -0.3 is 5.32 Å². The molecule has 0 aliphatic rings. The van der Waals surface area contributed by atoms with E-state index in [1.54, 1.807) is 11.3 Å². The molecule has 0 amide bonds. The predicted octanol–water partition coefficient (Wildman–Crippen LogP) is 2.56. The third kappa shape index (κ3) is 1.61. The largest absolute Gasteiger partial charge is 0.363 e. The van der Waals surface area contributed by atoms with E-state index in [-0.39, 0.29) is 0 Å². The minimum atomic E-state index is 0.850. The number of hydrogen-bond donors (Lipinski definition) is 1. The Kier molecular flexibility index (Phi) is 2.45. The van der Waals surface area contributed by atoms with Gasteiger partial charge in [-0.1, -0.05) is 35.6 Å². The maximum absolute atomic E-state index is 4.12. The van der Waals surface area contributed by atoms with Crippen LogP contribution in [-0.4, -0.2) is 17.2 Å². The van der Waals surface area contributed by atoms with E-state index >= 15 is 0 Å². The van der Waals surface area contributed by atoms with E-state index in [1.165, 1.54) is 5.56 Å². The van der Waals surface area contributed by atoms with Crippen LogP contribution in [-0.2, 0) is 0 Å². The Labute approximate surface area is 86.8 Å². The third-order valence-electron chi connectivity index (χ3n) is 2.01. The van der Waals surface area contributed by atoms with Crippen molar-refractivity contribution in [2.24, 2.45) is 0 Å². The van der Waals surface area contributed by atoms with Gasteiger partial charge in [0.25, 0.3) is 0 Å². The highest BCUT2D eigenvalue weighted by molar-refractivity contribution is 7.18. The van der Waals surface area contributed by atoms with E-state index < -0.39 is 0 Å². The molecule has 14 heavy (non-hydrogen) atoms. The Morgan fingerprint density at radius 1 is 1.21 bits per heavy atom. The Balaban J connectivity index is 2.44. The second kappa shape index (κ2) is 3.75. The molecule has 2 aromatic rings. The molecule has 0 saturated heterocycles. The van der Waals surface area contributed by atoms with Crippen LogP contribution in [0.4, 0.5) is 5.13 Å². The van der Waals surface area contributed by atoms with Crippen LogP contribution < -0.4 is 5.32 Å². The number of aromatic nitrogens is 2. The molecule has 1 aromatic heterocycles. The molecular formula is C10H11N3S. The molecule has 72 valence electrons. The van der Waals surface area contributed by atoms with Crippen molar-refractivity contribution < 1.29 is 0 Å². The minimum absolute atomic E-state index is 0.850. The van der Waals surface area contributed by atoms with Gasteiger partial charge in [0.15, 0.2) is 0 Å². The summed E-state index contributed by atoms with van der Waals surface area (Å²) in [7, 11) is 1.85. The average Bonchev–Trinajstić information content (AvgIpc) is 2.67. The van der Waals surface area contributed by atoms with Gasteiger partial charge in [-0.15, -0.1) is 10.2 Å². The fourth-order valence-corrected chi connectivity index (χ4v) is 2.03. The number of rotatable bonds is 2. The van der Waals surface area contributed by atoms with Gasteiger partial charge in [-0.05, 0) is 12.5 Å². The van der Waals surface area contributed by atoms with Crippen LogP contribution in [0, 0.1) is 6.92 Å². The number of benzene rings is 1. The molecule has 0 saturated carbocycles. The van der Waals surface area contributed by atoms with Crippen molar-refractivity contribution >= 4 is 16.5 Å². The summed E-state index contributed by atoms with van der Waals surface area (Å²) in [5.74, 6) is 0. The zero-order valence-corrected chi connectivity index (χ0v) is 8.93. The molecule has 0 atom stereocenters. The molecule has 0 spiro atoms. The zero-order valence-electron chi connectivity index (χ0n) is 8.11. The highest BCUT2D eigenvalue weighted by atomic mass is 32.1. The topological polar surface area (TPSA) is 37.8 Å². The number of hydrogen-bond acceptors (Lipinski definition) is 4. The van der Waals surface area contributed by atoms with E-state index in [0.29, 0.717) is 0 Å². The third-order valence-corrected chi connectivity index (χ3v) is 2.99. The Hall–Kier alpha value is -1.42. The molecule has 1 N–H and O–H groups in total. The standard InChI is InChI=1S/C10H11N3S/c1-7-5-3-4-6-8(7)9-12-13-10(11-2)14-9/h3-6H,1-2H3,(H,11,13). The summed E-state index contributed by atoms with van der Waals surface area (Å²) in [6, 6.07) is 8.19. The Morgan fingerprint density at radius 2 is 2.00 bits per heavy atom. The van der Waals surface area contributed by atoms with Crippen molar-refractivity contribution in [3.63, 3.8) is 0 Å². The van der Waals surface area contributed by atoms with Crippen molar-refractivity contribution in [3.05, 3.63) is 29.8 Å². The van der Waals surface area contributed by atoms with Crippen molar-refractivity contribution in [2.75, 3.05) is 12.4 Å². The van der Waals surface area contributed by atoms with Crippen LogP contribution in [0.15, 0.2) is 24.3 Å². The lowest BCUT2D eigenvalue weighted by Crippen LogP contribution is -1.84. The highest BCUT2D eigenvalue weighted by Gasteiger charge is 2.06. The van der Waals surface area contributed by atoms with E-state index in [0.717, 1.165) is 15.7 Å². The summed E-state index contributed by atoms with van der Waals surface area (Å²) < 4.78 is 0. The number of nitrogens with zero attached hydrogens (tertiary/aromatic N) is 2. The molecule has 2 rings (SSSR count). The smallest absolute Gasteiger partial charge is 0.205 e. The van der Waals surface area contributed by atoms with Crippen LogP contribution in [0.25, 0.3) is 10.6 Å². The van der Waals surface area contributed by atoms with Crippen molar-refractivity contribution in [1.82, 2.24) is 10.2 Å². The SMILES string of the molecule is CNc1nnc(-c2ccccc2C)s1. The number of nitrogens with one attached hydrogen (secondary N) is 1. The molecule has 0 radical (unpaired) electrons. The summed E-state index contributed by atoms with van der Waals surface area (Å²) in [5, 5.41) is 12.9. The Morgan fingerprint density at radius 3 is 2.64 bits per heavy atom. The van der Waals surface area contributed by atoms with Gasteiger partial charge in [-0.2, -0.15) is 0 Å². The number of aryl methyl sites for hydroxylation is 1. The molecule has 1 aromatic carbocycles. The molecule has 3 nitrogen and oxygen atoms in total. The van der Waals surface area contributed by atoms with Gasteiger partial charge in [0.05, 0.1) is 0 Å². The molecular weight excluding hydrogens is 194 g/mol. The predicted molar refractivity (Wildman–Crippen MR) is 59.6 cm³/mol. The molecule has 0 unspecified atom stereocenters. The van der Waals surface area contributed by atoms with Crippen LogP contribution in [0.3, 0.4) is 0 Å². The van der Waals surface area contributed by atoms with Gasteiger partial charge in [-0.25, -0.2) is 0 Å². The van der Waals surface area contributed by atoms with Crippen molar-refractivity contribution in [2.45, 2.75) is 6.92 Å². The second-order valence-electron chi connectivity index (χ2n) is 2.98. The molecule has 1 heterocycles. The molecule has 0 aliphatic carbocycles. The summed E-state index contributed by atoms with van der Waals surface area (Å²) >= 11 is 1.57.